The lowest BCUT2D eigenvalue weighted by Gasteiger charge is -2.10. The molecule has 6 heteroatoms. The molecule has 2 N–H and O–H groups in total. The number of carbonyl (C=O) groups excluding carboxylic acids is 1. The number of unbranched alkanes of at least 4 members (excludes halogenated alkanes) is 1. The Balaban J connectivity index is 1.97. The smallest absolute Gasteiger partial charge is 0.249 e. The molecule has 0 fully saturated rings. The lowest BCUT2D eigenvalue weighted by atomic mass is 10.0. The molecule has 4 rings (SSSR count). The zero-order valence-corrected chi connectivity index (χ0v) is 16.4. The van der Waals surface area contributed by atoms with Gasteiger partial charge in [0.05, 0.1) is 11.0 Å². The molecule has 0 aliphatic rings. The van der Waals surface area contributed by atoms with Crippen molar-refractivity contribution in [3.8, 4) is 0 Å². The number of hydrogen-bond donors (Lipinski definition) is 1. The fraction of sp³-hybridized carbons (Fsp3) is 0.208. The van der Waals surface area contributed by atoms with Gasteiger partial charge in [-0.15, -0.1) is 0 Å². The predicted octanol–water partition coefficient (Wildman–Crippen LogP) is 5.50. The van der Waals surface area contributed by atoms with Crippen LogP contribution in [0.15, 0.2) is 42.5 Å². The molecule has 0 unspecified atom stereocenters. The van der Waals surface area contributed by atoms with Crippen molar-refractivity contribution in [1.82, 2.24) is 4.57 Å². The monoisotopic (exact) mass is 409 g/mol. The molecule has 1 radical (unpaired) electrons. The highest BCUT2D eigenvalue weighted by Gasteiger charge is 2.18. The van der Waals surface area contributed by atoms with Crippen LogP contribution in [0.5, 0.6) is 0 Å². The average Bonchev–Trinajstić information content (AvgIpc) is 3.03. The van der Waals surface area contributed by atoms with Crippen LogP contribution in [0.1, 0.15) is 41.3 Å². The maximum Gasteiger partial charge on any atom is 0.249 e. The lowest BCUT2D eigenvalue weighted by Crippen LogP contribution is -2.11. The Bertz CT molecular complexity index is 1250. The Morgan fingerprint density at radius 1 is 1.07 bits per heavy atom. The summed E-state index contributed by atoms with van der Waals surface area (Å²) in [6.45, 7) is 2.21. The van der Waals surface area contributed by atoms with Gasteiger partial charge in [-0.1, -0.05) is 25.5 Å². The SMILES string of the molecule is CCCCc1c[c]c2c3c(C(N)=O)cccc3n(Cc3cc(F)c(F)c(F)c3)c2c1. The minimum Gasteiger partial charge on any atom is -0.366 e. The number of carbonyl (C=O) groups is 1. The van der Waals surface area contributed by atoms with Gasteiger partial charge in [-0.25, -0.2) is 13.2 Å². The van der Waals surface area contributed by atoms with Crippen molar-refractivity contribution in [3.63, 3.8) is 0 Å². The van der Waals surface area contributed by atoms with E-state index in [9.17, 15) is 18.0 Å². The van der Waals surface area contributed by atoms with E-state index in [1.807, 2.05) is 22.8 Å². The van der Waals surface area contributed by atoms with Crippen molar-refractivity contribution >= 4 is 27.7 Å². The highest BCUT2D eigenvalue weighted by atomic mass is 19.2. The summed E-state index contributed by atoms with van der Waals surface area (Å²) in [7, 11) is 0. The molecular formula is C24H20F3N2O. The third-order valence-corrected chi connectivity index (χ3v) is 5.32. The maximum absolute atomic E-state index is 13.8. The summed E-state index contributed by atoms with van der Waals surface area (Å²) in [5, 5.41) is 1.35. The highest BCUT2D eigenvalue weighted by molar-refractivity contribution is 6.17. The number of aromatic nitrogens is 1. The topological polar surface area (TPSA) is 48.0 Å². The van der Waals surface area contributed by atoms with Gasteiger partial charge in [0.1, 0.15) is 0 Å². The minimum absolute atomic E-state index is 0.0986. The molecule has 1 heterocycles. The van der Waals surface area contributed by atoms with Crippen LogP contribution >= 0.6 is 0 Å². The number of nitrogens with two attached hydrogens (primary N) is 1. The number of primary amides is 1. The van der Waals surface area contributed by atoms with Crippen LogP contribution in [0.25, 0.3) is 21.8 Å². The third-order valence-electron chi connectivity index (χ3n) is 5.32. The summed E-state index contributed by atoms with van der Waals surface area (Å²) < 4.78 is 42.8. The minimum atomic E-state index is -1.49. The molecule has 0 aliphatic heterocycles. The zero-order valence-electron chi connectivity index (χ0n) is 16.4. The van der Waals surface area contributed by atoms with Crippen molar-refractivity contribution in [2.45, 2.75) is 32.7 Å². The highest BCUT2D eigenvalue weighted by Crippen LogP contribution is 2.33. The number of halogens is 3. The molecule has 3 aromatic carbocycles. The van der Waals surface area contributed by atoms with Crippen molar-refractivity contribution in [2.24, 2.45) is 5.73 Å². The van der Waals surface area contributed by atoms with Gasteiger partial charge < -0.3 is 10.3 Å². The van der Waals surface area contributed by atoms with Crippen LogP contribution < -0.4 is 5.73 Å². The molecular weight excluding hydrogens is 389 g/mol. The Labute approximate surface area is 171 Å². The normalized spacial score (nSPS) is 11.5. The Kier molecular flexibility index (Phi) is 5.24. The second kappa shape index (κ2) is 7.86. The number of benzene rings is 3. The largest absolute Gasteiger partial charge is 0.366 e. The van der Waals surface area contributed by atoms with Crippen LogP contribution in [0.2, 0.25) is 0 Å². The van der Waals surface area contributed by atoms with E-state index in [0.717, 1.165) is 42.5 Å². The fourth-order valence-electron chi connectivity index (χ4n) is 3.88. The van der Waals surface area contributed by atoms with Crippen LogP contribution in [0.3, 0.4) is 0 Å². The molecule has 153 valence electrons. The van der Waals surface area contributed by atoms with Crippen LogP contribution in [0, 0.1) is 23.5 Å². The van der Waals surface area contributed by atoms with Crippen molar-refractivity contribution < 1.29 is 18.0 Å². The first kappa shape index (κ1) is 20.0. The molecule has 0 aliphatic carbocycles. The lowest BCUT2D eigenvalue weighted by molar-refractivity contribution is 0.100. The first-order valence-electron chi connectivity index (χ1n) is 9.79. The van der Waals surface area contributed by atoms with E-state index in [1.54, 1.807) is 12.1 Å². The maximum atomic E-state index is 13.8. The van der Waals surface area contributed by atoms with E-state index in [-0.39, 0.29) is 12.1 Å². The number of rotatable bonds is 6. The Morgan fingerprint density at radius 2 is 1.80 bits per heavy atom. The molecule has 30 heavy (non-hydrogen) atoms. The number of hydrogen-bond acceptors (Lipinski definition) is 1. The molecule has 0 atom stereocenters. The Hall–Kier alpha value is -3.28. The van der Waals surface area contributed by atoms with E-state index < -0.39 is 23.4 Å². The summed E-state index contributed by atoms with van der Waals surface area (Å²) in [5.41, 5.74) is 8.75. The average molecular weight is 409 g/mol. The molecule has 0 saturated carbocycles. The molecule has 3 nitrogen and oxygen atoms in total. The van der Waals surface area contributed by atoms with E-state index in [2.05, 4.69) is 13.0 Å². The van der Waals surface area contributed by atoms with Crippen LogP contribution in [-0.2, 0) is 13.0 Å². The fourth-order valence-corrected chi connectivity index (χ4v) is 3.88. The Morgan fingerprint density at radius 3 is 2.47 bits per heavy atom. The van der Waals surface area contributed by atoms with Gasteiger partial charge >= 0.3 is 0 Å². The van der Waals surface area contributed by atoms with Crippen LogP contribution in [-0.4, -0.2) is 10.5 Å². The van der Waals surface area contributed by atoms with Gasteiger partial charge in [-0.05, 0) is 60.4 Å². The number of amides is 1. The first-order valence-corrected chi connectivity index (χ1v) is 9.79. The van der Waals surface area contributed by atoms with Crippen molar-refractivity contribution in [3.05, 3.63) is 82.7 Å². The second-order valence-corrected chi connectivity index (χ2v) is 7.40. The number of nitrogens with zero attached hydrogens (tertiary/aromatic N) is 1. The predicted molar refractivity (Wildman–Crippen MR) is 111 cm³/mol. The number of aryl methyl sites for hydroxylation is 1. The summed E-state index contributed by atoms with van der Waals surface area (Å²) in [4.78, 5) is 12.0. The second-order valence-electron chi connectivity index (χ2n) is 7.40. The third kappa shape index (κ3) is 3.43. The van der Waals surface area contributed by atoms with Crippen molar-refractivity contribution in [2.75, 3.05) is 0 Å². The van der Waals surface area contributed by atoms with Gasteiger partial charge in [0, 0.05) is 22.9 Å². The van der Waals surface area contributed by atoms with Gasteiger partial charge in [0.25, 0.3) is 0 Å². The van der Waals surface area contributed by atoms with Crippen LogP contribution in [0.4, 0.5) is 13.2 Å². The molecule has 1 amide bonds. The van der Waals surface area contributed by atoms with Gasteiger partial charge in [-0.3, -0.25) is 4.79 Å². The van der Waals surface area contributed by atoms with E-state index in [4.69, 9.17) is 5.73 Å². The molecule has 0 bridgehead atoms. The van der Waals surface area contributed by atoms with E-state index >= 15 is 0 Å². The molecule has 0 saturated heterocycles. The van der Waals surface area contributed by atoms with Gasteiger partial charge in [-0.2, -0.15) is 0 Å². The summed E-state index contributed by atoms with van der Waals surface area (Å²) >= 11 is 0. The zero-order chi connectivity index (χ0) is 21.4. The van der Waals surface area contributed by atoms with Gasteiger partial charge in [0.2, 0.25) is 5.91 Å². The first-order chi connectivity index (χ1) is 14.4. The van der Waals surface area contributed by atoms with Crippen molar-refractivity contribution in [1.29, 1.82) is 0 Å². The molecule has 4 aromatic rings. The summed E-state index contributed by atoms with van der Waals surface area (Å²) in [6, 6.07) is 14.3. The van der Waals surface area contributed by atoms with E-state index in [1.165, 1.54) is 0 Å². The van der Waals surface area contributed by atoms with E-state index in [0.29, 0.717) is 21.9 Å². The van der Waals surface area contributed by atoms with Gasteiger partial charge in [0.15, 0.2) is 17.5 Å². The number of fused-ring (bicyclic) bond motifs is 3. The molecule has 0 spiro atoms. The standard InChI is InChI=1S/C24H20F3N2O/c1-2-3-5-14-8-9-16-21(12-14)29(13-15-10-18(25)23(27)19(26)11-15)20-7-4-6-17(22(16)20)24(28)30/h4,6-8,10-12H,2-3,5,13H2,1H3,(H2,28,30). The molecule has 1 aromatic heterocycles. The summed E-state index contributed by atoms with van der Waals surface area (Å²) in [5.74, 6) is -4.54. The quantitative estimate of drug-likeness (QED) is 0.420. The summed E-state index contributed by atoms with van der Waals surface area (Å²) in [6.07, 6.45) is 2.93.